The summed E-state index contributed by atoms with van der Waals surface area (Å²) in [6.07, 6.45) is 13.4. The molecular formula is C17H33NaO5S. The van der Waals surface area contributed by atoms with E-state index in [0.717, 1.165) is 26.2 Å². The summed E-state index contributed by atoms with van der Waals surface area (Å²) in [7, 11) is -4.64. The summed E-state index contributed by atoms with van der Waals surface area (Å²) < 4.78 is 29.2. The Morgan fingerprint density at radius 3 is 1.50 bits per heavy atom. The molecule has 0 aliphatic rings. The van der Waals surface area contributed by atoms with Crippen molar-refractivity contribution in [3.63, 3.8) is 0 Å². The van der Waals surface area contributed by atoms with Crippen LogP contribution in [0, 0.1) is 0 Å². The van der Waals surface area contributed by atoms with Gasteiger partial charge in [-0.3, -0.25) is 4.55 Å². The normalized spacial score (nSPS) is 14.0. The third-order valence-electron chi connectivity index (χ3n) is 4.51. The molecule has 0 saturated carbocycles. The molecule has 0 aliphatic heterocycles. The van der Waals surface area contributed by atoms with Gasteiger partial charge in [-0.2, -0.15) is 8.42 Å². The monoisotopic (exact) mass is 372 g/mol. The van der Waals surface area contributed by atoms with Crippen molar-refractivity contribution in [1.29, 1.82) is 0 Å². The van der Waals surface area contributed by atoms with Crippen LogP contribution in [0.25, 0.3) is 0 Å². The predicted octanol–water partition coefficient (Wildman–Crippen LogP) is 0.478. The Kier molecular flexibility index (Phi) is 16.1. The van der Waals surface area contributed by atoms with E-state index in [0.29, 0.717) is 6.42 Å². The molecule has 7 heteroatoms. The number of carboxylic acids is 1. The standard InChI is InChI=1S/C17H34O5S.Na/c1-3-4-5-6-7-8-9-10-11-12-13-14-15-17(2,16(18)19)23(20,21)22;/h3-15H2,1-2H3,(H,18,19)(H,20,21,22);/q;+1/p-1. The van der Waals surface area contributed by atoms with Gasteiger partial charge >= 0.3 is 29.6 Å². The van der Waals surface area contributed by atoms with Crippen molar-refractivity contribution in [2.75, 3.05) is 0 Å². The van der Waals surface area contributed by atoms with Crippen LogP contribution >= 0.6 is 0 Å². The number of carbonyl (C=O) groups excluding carboxylic acids is 1. The second-order valence-corrected chi connectivity index (χ2v) is 8.48. The van der Waals surface area contributed by atoms with Gasteiger partial charge in [-0.25, -0.2) is 0 Å². The molecule has 1 atom stereocenters. The van der Waals surface area contributed by atoms with Crippen molar-refractivity contribution >= 4 is 16.1 Å². The quantitative estimate of drug-likeness (QED) is 0.256. The average molecular weight is 373 g/mol. The van der Waals surface area contributed by atoms with Crippen LogP contribution in [0.2, 0.25) is 0 Å². The molecule has 0 saturated heterocycles. The van der Waals surface area contributed by atoms with E-state index in [-0.39, 0.29) is 36.0 Å². The minimum atomic E-state index is -4.64. The topological polar surface area (TPSA) is 94.5 Å². The second kappa shape index (κ2) is 14.5. The molecule has 5 nitrogen and oxygen atoms in total. The van der Waals surface area contributed by atoms with Gasteiger partial charge in [0.25, 0.3) is 10.1 Å². The molecule has 0 rings (SSSR count). The Balaban J connectivity index is 0. The maximum Gasteiger partial charge on any atom is 1.00 e. The summed E-state index contributed by atoms with van der Waals surface area (Å²) in [5, 5.41) is 11.0. The van der Waals surface area contributed by atoms with Crippen LogP contribution in [0.15, 0.2) is 0 Å². The molecule has 0 amide bonds. The molecule has 1 unspecified atom stereocenters. The molecule has 0 fully saturated rings. The second-order valence-electron chi connectivity index (χ2n) is 6.63. The van der Waals surface area contributed by atoms with E-state index in [1.165, 1.54) is 51.4 Å². The molecular weight excluding hydrogens is 339 g/mol. The van der Waals surface area contributed by atoms with Crippen LogP contribution < -0.4 is 34.7 Å². The zero-order chi connectivity index (χ0) is 17.8. The maximum absolute atomic E-state index is 11.2. The summed E-state index contributed by atoms with van der Waals surface area (Å²) in [6, 6.07) is 0. The smallest absolute Gasteiger partial charge is 0.548 e. The van der Waals surface area contributed by atoms with Crippen LogP contribution in [0.5, 0.6) is 0 Å². The van der Waals surface area contributed by atoms with E-state index < -0.39 is 20.8 Å². The summed E-state index contributed by atoms with van der Waals surface area (Å²) >= 11 is 0. The Labute approximate surface area is 170 Å². The summed E-state index contributed by atoms with van der Waals surface area (Å²) in [6.45, 7) is 3.22. The van der Waals surface area contributed by atoms with E-state index in [1.807, 2.05) is 0 Å². The number of rotatable bonds is 15. The van der Waals surface area contributed by atoms with Gasteiger partial charge in [-0.15, -0.1) is 0 Å². The minimum absolute atomic E-state index is 0. The van der Waals surface area contributed by atoms with Gasteiger partial charge in [-0.1, -0.05) is 84.0 Å². The summed E-state index contributed by atoms with van der Waals surface area (Å²) in [4.78, 5) is 11.0. The van der Waals surface area contributed by atoms with Gasteiger partial charge in [0.15, 0.2) is 0 Å². The molecule has 24 heavy (non-hydrogen) atoms. The zero-order valence-corrected chi connectivity index (χ0v) is 18.5. The molecule has 0 aromatic rings. The molecule has 0 spiro atoms. The fraction of sp³-hybridized carbons (Fsp3) is 0.941. The summed E-state index contributed by atoms with van der Waals surface area (Å²) in [5.74, 6) is -1.73. The first-order valence-corrected chi connectivity index (χ1v) is 10.4. The number of carbonyl (C=O) groups is 1. The van der Waals surface area contributed by atoms with Gasteiger partial charge in [-0.05, 0) is 13.3 Å². The molecule has 0 aliphatic carbocycles. The first-order chi connectivity index (χ1) is 10.8. The van der Waals surface area contributed by atoms with E-state index in [4.69, 9.17) is 4.55 Å². The van der Waals surface area contributed by atoms with Gasteiger partial charge in [0.1, 0.15) is 4.75 Å². The Morgan fingerprint density at radius 1 is 0.875 bits per heavy atom. The molecule has 1 N–H and O–H groups in total. The van der Waals surface area contributed by atoms with Gasteiger partial charge in [0.05, 0.1) is 5.97 Å². The van der Waals surface area contributed by atoms with Crippen LogP contribution in [0.4, 0.5) is 0 Å². The molecule has 0 aromatic carbocycles. The van der Waals surface area contributed by atoms with Crippen LogP contribution in [0.3, 0.4) is 0 Å². The largest absolute Gasteiger partial charge is 1.00 e. The first kappa shape index (κ1) is 26.6. The Morgan fingerprint density at radius 2 is 1.21 bits per heavy atom. The molecule has 138 valence electrons. The van der Waals surface area contributed by atoms with E-state index >= 15 is 0 Å². The van der Waals surface area contributed by atoms with Crippen molar-refractivity contribution in [3.8, 4) is 0 Å². The van der Waals surface area contributed by atoms with Crippen molar-refractivity contribution in [3.05, 3.63) is 0 Å². The molecule has 0 heterocycles. The fourth-order valence-electron chi connectivity index (χ4n) is 2.64. The third-order valence-corrected chi connectivity index (χ3v) is 6.02. The maximum atomic E-state index is 11.2. The number of hydrogen-bond donors (Lipinski definition) is 1. The van der Waals surface area contributed by atoms with Crippen molar-refractivity contribution in [2.24, 2.45) is 0 Å². The predicted molar refractivity (Wildman–Crippen MR) is 90.7 cm³/mol. The van der Waals surface area contributed by atoms with Crippen LogP contribution in [0.1, 0.15) is 97.3 Å². The fourth-order valence-corrected chi connectivity index (χ4v) is 3.25. The van der Waals surface area contributed by atoms with Crippen molar-refractivity contribution < 1.29 is 52.4 Å². The number of hydrogen-bond acceptors (Lipinski definition) is 4. The molecule has 0 bridgehead atoms. The molecule has 0 radical (unpaired) electrons. The molecule has 0 aromatic heterocycles. The SMILES string of the molecule is CCCCCCCCCCCCCCC(C)(C(=O)[O-])S(=O)(=O)O.[Na+]. The zero-order valence-electron chi connectivity index (χ0n) is 15.7. The Bertz CT molecular complexity index is 425. The van der Waals surface area contributed by atoms with Crippen molar-refractivity contribution in [2.45, 2.75) is 102 Å². The van der Waals surface area contributed by atoms with Gasteiger partial charge in [0, 0.05) is 0 Å². The first-order valence-electron chi connectivity index (χ1n) is 8.94. The van der Waals surface area contributed by atoms with Gasteiger partial charge in [0.2, 0.25) is 0 Å². The minimum Gasteiger partial charge on any atom is -0.548 e. The summed E-state index contributed by atoms with van der Waals surface area (Å²) in [5.41, 5.74) is 0. The number of carboxylic acid groups (broad SMARTS) is 1. The number of unbranched alkanes of at least 4 members (excludes halogenated alkanes) is 11. The average Bonchev–Trinajstić information content (AvgIpc) is 2.46. The Hall–Kier alpha value is 0.380. The van der Waals surface area contributed by atoms with E-state index in [2.05, 4.69) is 6.92 Å². The number of aliphatic carboxylic acids is 1. The van der Waals surface area contributed by atoms with Crippen LogP contribution in [-0.4, -0.2) is 23.7 Å². The van der Waals surface area contributed by atoms with E-state index in [9.17, 15) is 18.3 Å². The van der Waals surface area contributed by atoms with Crippen molar-refractivity contribution in [1.82, 2.24) is 0 Å². The third kappa shape index (κ3) is 11.1. The van der Waals surface area contributed by atoms with Gasteiger partial charge < -0.3 is 9.90 Å². The van der Waals surface area contributed by atoms with Crippen LogP contribution in [-0.2, 0) is 14.9 Å². The van der Waals surface area contributed by atoms with E-state index in [1.54, 1.807) is 0 Å².